The fourth-order valence-electron chi connectivity index (χ4n) is 1.63. The fourth-order valence-corrected chi connectivity index (χ4v) is 1.63. The van der Waals surface area contributed by atoms with Crippen LogP contribution in [0.15, 0.2) is 35.5 Å². The zero-order chi connectivity index (χ0) is 11.0. The van der Waals surface area contributed by atoms with Crippen molar-refractivity contribution in [3.8, 4) is 11.3 Å². The smallest absolute Gasteiger partial charge is 0.274 e. The first-order valence-electron chi connectivity index (χ1n) is 4.69. The van der Waals surface area contributed by atoms with Crippen molar-refractivity contribution in [1.82, 2.24) is 25.4 Å². The zero-order valence-electron chi connectivity index (χ0n) is 8.14. The maximum atomic E-state index is 11.5. The van der Waals surface area contributed by atoms with Crippen molar-refractivity contribution in [1.29, 1.82) is 0 Å². The van der Waals surface area contributed by atoms with Crippen LogP contribution in [0.3, 0.4) is 0 Å². The summed E-state index contributed by atoms with van der Waals surface area (Å²) in [4.78, 5) is 18.2. The van der Waals surface area contributed by atoms with Gasteiger partial charge < -0.3 is 4.98 Å². The third-order valence-corrected chi connectivity index (χ3v) is 2.35. The highest BCUT2D eigenvalue weighted by Gasteiger charge is 2.08. The van der Waals surface area contributed by atoms with Crippen LogP contribution in [0.5, 0.6) is 0 Å². The van der Waals surface area contributed by atoms with Crippen LogP contribution < -0.4 is 5.56 Å². The summed E-state index contributed by atoms with van der Waals surface area (Å²) in [6, 6.07) is 3.62. The third-order valence-electron chi connectivity index (χ3n) is 2.35. The molecule has 2 N–H and O–H groups in total. The van der Waals surface area contributed by atoms with Gasteiger partial charge in [0.1, 0.15) is 11.2 Å². The Morgan fingerprint density at radius 3 is 3.00 bits per heavy atom. The average molecular weight is 213 g/mol. The van der Waals surface area contributed by atoms with E-state index in [0.717, 1.165) is 10.9 Å². The topological polar surface area (TPSA) is 87.3 Å². The zero-order valence-corrected chi connectivity index (χ0v) is 8.14. The Hall–Kier alpha value is -2.50. The van der Waals surface area contributed by atoms with Gasteiger partial charge in [0.2, 0.25) is 0 Å². The van der Waals surface area contributed by atoms with Crippen molar-refractivity contribution in [2.45, 2.75) is 0 Å². The molecule has 6 heteroatoms. The van der Waals surface area contributed by atoms with Crippen LogP contribution in [-0.2, 0) is 0 Å². The molecule has 0 saturated heterocycles. The summed E-state index contributed by atoms with van der Waals surface area (Å²) < 4.78 is 0. The highest BCUT2D eigenvalue weighted by atomic mass is 16.1. The molecule has 78 valence electrons. The molecule has 3 heterocycles. The lowest BCUT2D eigenvalue weighted by Crippen LogP contribution is -2.07. The molecule has 0 fully saturated rings. The fraction of sp³-hybridized carbons (Fsp3) is 0. The number of fused-ring (bicyclic) bond motifs is 1. The number of nitrogens with zero attached hydrogens (tertiary/aromatic N) is 3. The van der Waals surface area contributed by atoms with Crippen molar-refractivity contribution in [2.75, 3.05) is 0 Å². The SMILES string of the molecule is O=c1[nH]cc(-c2c[nH]nn2)c2cccnc12. The lowest BCUT2D eigenvalue weighted by atomic mass is 10.1. The quantitative estimate of drug-likeness (QED) is 0.623. The first kappa shape index (κ1) is 8.78. The van der Waals surface area contributed by atoms with E-state index in [1.807, 2.05) is 6.07 Å². The summed E-state index contributed by atoms with van der Waals surface area (Å²) in [6.07, 6.45) is 4.87. The molecule has 3 rings (SSSR count). The van der Waals surface area contributed by atoms with Gasteiger partial charge in [0, 0.05) is 23.3 Å². The van der Waals surface area contributed by atoms with Crippen molar-refractivity contribution in [3.63, 3.8) is 0 Å². The number of rotatable bonds is 1. The minimum atomic E-state index is -0.206. The normalized spacial score (nSPS) is 10.8. The van der Waals surface area contributed by atoms with Crippen LogP contribution in [0, 0.1) is 0 Å². The number of aromatic amines is 2. The van der Waals surface area contributed by atoms with Crippen LogP contribution in [0.25, 0.3) is 22.2 Å². The van der Waals surface area contributed by atoms with E-state index >= 15 is 0 Å². The number of aromatic nitrogens is 5. The Labute approximate surface area is 89.4 Å². The lowest BCUT2D eigenvalue weighted by Gasteiger charge is -2.00. The number of hydrogen-bond acceptors (Lipinski definition) is 4. The molecule has 3 aromatic heterocycles. The van der Waals surface area contributed by atoms with E-state index in [9.17, 15) is 4.79 Å². The van der Waals surface area contributed by atoms with E-state index in [-0.39, 0.29) is 5.56 Å². The number of hydrogen-bond donors (Lipinski definition) is 2. The summed E-state index contributed by atoms with van der Waals surface area (Å²) in [6.45, 7) is 0. The van der Waals surface area contributed by atoms with E-state index in [1.165, 1.54) is 0 Å². The molecular formula is C10H7N5O. The van der Waals surface area contributed by atoms with Crippen LogP contribution in [0.1, 0.15) is 0 Å². The molecule has 0 atom stereocenters. The molecular weight excluding hydrogens is 206 g/mol. The van der Waals surface area contributed by atoms with Gasteiger partial charge >= 0.3 is 0 Å². The maximum Gasteiger partial charge on any atom is 0.274 e. The first-order valence-corrected chi connectivity index (χ1v) is 4.69. The Kier molecular flexibility index (Phi) is 1.79. The Balaban J connectivity index is 2.43. The highest BCUT2D eigenvalue weighted by Crippen LogP contribution is 2.21. The van der Waals surface area contributed by atoms with E-state index in [1.54, 1.807) is 24.7 Å². The van der Waals surface area contributed by atoms with Crippen molar-refractivity contribution >= 4 is 10.9 Å². The third kappa shape index (κ3) is 1.20. The standard InChI is InChI=1S/C10H7N5O/c16-10-9-6(2-1-3-11-9)7(4-12-10)8-5-13-15-14-8/h1-5H,(H,12,16)(H,13,14,15). The molecule has 0 unspecified atom stereocenters. The molecule has 3 aromatic rings. The van der Waals surface area contributed by atoms with E-state index < -0.39 is 0 Å². The second kappa shape index (κ2) is 3.27. The van der Waals surface area contributed by atoms with Gasteiger partial charge in [-0.1, -0.05) is 11.3 Å². The first-order chi connectivity index (χ1) is 7.86. The number of pyridine rings is 2. The predicted octanol–water partition coefficient (Wildman–Crippen LogP) is 0.708. The van der Waals surface area contributed by atoms with Gasteiger partial charge in [0.15, 0.2) is 0 Å². The van der Waals surface area contributed by atoms with Crippen LogP contribution in [0.4, 0.5) is 0 Å². The van der Waals surface area contributed by atoms with Crippen molar-refractivity contribution < 1.29 is 0 Å². The number of nitrogens with one attached hydrogen (secondary N) is 2. The molecule has 0 aliphatic heterocycles. The second-order valence-corrected chi connectivity index (χ2v) is 3.29. The lowest BCUT2D eigenvalue weighted by molar-refractivity contribution is 0.942. The Morgan fingerprint density at radius 2 is 2.19 bits per heavy atom. The van der Waals surface area contributed by atoms with E-state index in [4.69, 9.17) is 0 Å². The largest absolute Gasteiger partial charge is 0.327 e. The molecule has 0 saturated carbocycles. The molecule has 0 aliphatic rings. The van der Waals surface area contributed by atoms with Crippen LogP contribution in [0.2, 0.25) is 0 Å². The van der Waals surface area contributed by atoms with Crippen molar-refractivity contribution in [3.05, 3.63) is 41.1 Å². The molecule has 0 radical (unpaired) electrons. The van der Waals surface area contributed by atoms with Gasteiger partial charge in [0.05, 0.1) is 6.20 Å². The van der Waals surface area contributed by atoms with E-state index in [2.05, 4.69) is 25.4 Å². The molecule has 0 spiro atoms. The molecule has 16 heavy (non-hydrogen) atoms. The van der Waals surface area contributed by atoms with Crippen molar-refractivity contribution in [2.24, 2.45) is 0 Å². The van der Waals surface area contributed by atoms with Gasteiger partial charge in [-0.15, -0.1) is 5.10 Å². The summed E-state index contributed by atoms with van der Waals surface area (Å²) in [7, 11) is 0. The second-order valence-electron chi connectivity index (χ2n) is 3.29. The summed E-state index contributed by atoms with van der Waals surface area (Å²) in [5, 5.41) is 10.9. The molecule has 0 aliphatic carbocycles. The molecule has 0 amide bonds. The Morgan fingerprint density at radius 1 is 1.25 bits per heavy atom. The predicted molar refractivity (Wildman–Crippen MR) is 57.7 cm³/mol. The summed E-state index contributed by atoms with van der Waals surface area (Å²) >= 11 is 0. The van der Waals surface area contributed by atoms with Crippen LogP contribution >= 0.6 is 0 Å². The van der Waals surface area contributed by atoms with Crippen LogP contribution in [-0.4, -0.2) is 25.4 Å². The van der Waals surface area contributed by atoms with Gasteiger partial charge in [0.25, 0.3) is 5.56 Å². The van der Waals surface area contributed by atoms with Gasteiger partial charge in [-0.25, -0.2) is 0 Å². The van der Waals surface area contributed by atoms with Gasteiger partial charge in [-0.3, -0.25) is 14.9 Å². The molecule has 6 nitrogen and oxygen atoms in total. The molecule has 0 bridgehead atoms. The van der Waals surface area contributed by atoms with Gasteiger partial charge in [-0.05, 0) is 6.07 Å². The highest BCUT2D eigenvalue weighted by molar-refractivity contribution is 5.92. The Bertz CT molecular complexity index is 686. The van der Waals surface area contributed by atoms with Gasteiger partial charge in [-0.2, -0.15) is 0 Å². The summed E-state index contributed by atoms with van der Waals surface area (Å²) in [5.41, 5.74) is 1.68. The number of H-pyrrole nitrogens is 2. The maximum absolute atomic E-state index is 11.5. The minimum absolute atomic E-state index is 0.206. The monoisotopic (exact) mass is 213 g/mol. The van der Waals surface area contributed by atoms with E-state index in [0.29, 0.717) is 11.2 Å². The minimum Gasteiger partial charge on any atom is -0.327 e. The average Bonchev–Trinajstić information content (AvgIpc) is 2.83. The summed E-state index contributed by atoms with van der Waals surface area (Å²) in [5.74, 6) is 0. The molecule has 0 aromatic carbocycles.